The van der Waals surface area contributed by atoms with Gasteiger partial charge in [-0.15, -0.1) is 0 Å². The normalized spacial score (nSPS) is 16.5. The topological polar surface area (TPSA) is 51.1 Å². The van der Waals surface area contributed by atoms with E-state index in [4.69, 9.17) is 14.5 Å². The number of thioether (sulfide) groups is 1. The van der Waals surface area contributed by atoms with Crippen LogP contribution >= 0.6 is 27.7 Å². The van der Waals surface area contributed by atoms with Gasteiger partial charge in [0.05, 0.1) is 17.2 Å². The van der Waals surface area contributed by atoms with Crippen LogP contribution in [0.3, 0.4) is 0 Å². The molecular formula is C30H31BrN2O3S. The summed E-state index contributed by atoms with van der Waals surface area (Å²) in [6.45, 7) is 9.07. The van der Waals surface area contributed by atoms with Crippen molar-refractivity contribution in [2.24, 2.45) is 4.99 Å². The summed E-state index contributed by atoms with van der Waals surface area (Å²) in [7, 11) is 0. The SMILES string of the molecule is CCOc1cc(/C=C2/SC(=Nc3ccc(C)cc3)N([C@@H](C)CC)C2=O)ccc1OCc1ccc(Br)cc1. The summed E-state index contributed by atoms with van der Waals surface area (Å²) in [5.74, 6) is 1.29. The number of carbonyl (C=O) groups excluding carboxylic acids is 1. The maximum absolute atomic E-state index is 13.4. The van der Waals surface area contributed by atoms with Gasteiger partial charge in [-0.3, -0.25) is 9.69 Å². The zero-order chi connectivity index (χ0) is 26.4. The number of amides is 1. The Labute approximate surface area is 231 Å². The number of aliphatic imine (C=N–C) groups is 1. The van der Waals surface area contributed by atoms with E-state index < -0.39 is 0 Å². The lowest BCUT2D eigenvalue weighted by Crippen LogP contribution is -2.36. The van der Waals surface area contributed by atoms with Crippen molar-refractivity contribution < 1.29 is 14.3 Å². The van der Waals surface area contributed by atoms with E-state index in [2.05, 4.69) is 29.8 Å². The minimum Gasteiger partial charge on any atom is -0.490 e. The molecule has 0 aliphatic carbocycles. The summed E-state index contributed by atoms with van der Waals surface area (Å²) < 4.78 is 13.0. The summed E-state index contributed by atoms with van der Waals surface area (Å²) in [6.07, 6.45) is 2.74. The molecule has 37 heavy (non-hydrogen) atoms. The lowest BCUT2D eigenvalue weighted by Gasteiger charge is -2.22. The molecule has 4 rings (SSSR count). The lowest BCUT2D eigenvalue weighted by molar-refractivity contribution is -0.123. The Kier molecular flexibility index (Phi) is 9.11. The molecule has 7 heteroatoms. The van der Waals surface area contributed by atoms with Crippen molar-refractivity contribution in [2.75, 3.05) is 6.61 Å². The molecule has 0 unspecified atom stereocenters. The number of benzene rings is 3. The minimum atomic E-state index is -0.0289. The van der Waals surface area contributed by atoms with E-state index in [1.807, 2.05) is 86.7 Å². The van der Waals surface area contributed by atoms with Gasteiger partial charge in [0.2, 0.25) is 0 Å². The van der Waals surface area contributed by atoms with Gasteiger partial charge in [-0.25, -0.2) is 4.99 Å². The van der Waals surface area contributed by atoms with Gasteiger partial charge in [0.1, 0.15) is 6.61 Å². The highest BCUT2D eigenvalue weighted by molar-refractivity contribution is 9.10. The van der Waals surface area contributed by atoms with Gasteiger partial charge in [0.25, 0.3) is 5.91 Å². The third kappa shape index (κ3) is 6.84. The first kappa shape index (κ1) is 27.0. The van der Waals surface area contributed by atoms with Crippen LogP contribution in [0.2, 0.25) is 0 Å². The van der Waals surface area contributed by atoms with Gasteiger partial charge in [-0.2, -0.15) is 0 Å². The molecule has 0 saturated carbocycles. The van der Waals surface area contributed by atoms with Crippen LogP contribution in [-0.2, 0) is 11.4 Å². The molecule has 0 aromatic heterocycles. The first-order valence-corrected chi connectivity index (χ1v) is 14.0. The Morgan fingerprint density at radius 3 is 2.41 bits per heavy atom. The molecular weight excluding hydrogens is 548 g/mol. The summed E-state index contributed by atoms with van der Waals surface area (Å²) >= 11 is 4.87. The number of hydrogen-bond donors (Lipinski definition) is 0. The highest BCUT2D eigenvalue weighted by atomic mass is 79.9. The molecule has 1 atom stereocenters. The molecule has 1 aliphatic rings. The van der Waals surface area contributed by atoms with Crippen LogP contribution in [0.5, 0.6) is 11.5 Å². The number of ether oxygens (including phenoxy) is 2. The molecule has 1 fully saturated rings. The van der Waals surface area contributed by atoms with Gasteiger partial charge in [0.15, 0.2) is 16.7 Å². The summed E-state index contributed by atoms with van der Waals surface area (Å²) in [5.41, 5.74) is 3.94. The van der Waals surface area contributed by atoms with Gasteiger partial charge in [0, 0.05) is 10.5 Å². The molecule has 1 saturated heterocycles. The maximum Gasteiger partial charge on any atom is 0.266 e. The van der Waals surface area contributed by atoms with Crippen molar-refractivity contribution in [1.82, 2.24) is 4.90 Å². The number of amidine groups is 1. The molecule has 3 aromatic rings. The van der Waals surface area contributed by atoms with E-state index in [0.29, 0.717) is 34.8 Å². The smallest absolute Gasteiger partial charge is 0.266 e. The quantitative estimate of drug-likeness (QED) is 0.240. The van der Waals surface area contributed by atoms with Crippen LogP contribution < -0.4 is 9.47 Å². The molecule has 0 N–H and O–H groups in total. The average molecular weight is 580 g/mol. The van der Waals surface area contributed by atoms with Crippen LogP contribution in [0, 0.1) is 6.92 Å². The third-order valence-electron chi connectivity index (χ3n) is 6.00. The van der Waals surface area contributed by atoms with E-state index in [0.717, 1.165) is 27.7 Å². The summed E-state index contributed by atoms with van der Waals surface area (Å²) in [4.78, 5) is 20.7. The number of aryl methyl sites for hydroxylation is 1. The van der Waals surface area contributed by atoms with Crippen LogP contribution in [0.1, 0.15) is 43.9 Å². The second kappa shape index (κ2) is 12.5. The molecule has 1 heterocycles. The molecule has 0 radical (unpaired) electrons. The molecule has 192 valence electrons. The monoisotopic (exact) mass is 578 g/mol. The van der Waals surface area contributed by atoms with Crippen LogP contribution in [0.25, 0.3) is 6.08 Å². The van der Waals surface area contributed by atoms with E-state index in [1.54, 1.807) is 4.90 Å². The highest BCUT2D eigenvalue weighted by Gasteiger charge is 2.36. The van der Waals surface area contributed by atoms with Crippen molar-refractivity contribution in [2.45, 2.75) is 46.8 Å². The van der Waals surface area contributed by atoms with Crippen molar-refractivity contribution in [3.8, 4) is 11.5 Å². The van der Waals surface area contributed by atoms with Gasteiger partial charge in [-0.1, -0.05) is 58.7 Å². The number of rotatable bonds is 9. The molecule has 0 bridgehead atoms. The zero-order valence-corrected chi connectivity index (χ0v) is 23.9. The number of carbonyl (C=O) groups is 1. The van der Waals surface area contributed by atoms with Crippen LogP contribution in [0.15, 0.2) is 81.1 Å². The Hall–Kier alpha value is -3.03. The number of hydrogen-bond acceptors (Lipinski definition) is 5. The van der Waals surface area contributed by atoms with E-state index in [9.17, 15) is 4.79 Å². The van der Waals surface area contributed by atoms with Crippen LogP contribution in [-0.4, -0.2) is 28.6 Å². The van der Waals surface area contributed by atoms with E-state index in [-0.39, 0.29) is 11.9 Å². The molecule has 0 spiro atoms. The maximum atomic E-state index is 13.4. The first-order valence-electron chi connectivity index (χ1n) is 12.4. The van der Waals surface area contributed by atoms with Crippen molar-refractivity contribution >= 4 is 50.5 Å². The molecule has 5 nitrogen and oxygen atoms in total. The Bertz CT molecular complexity index is 1300. The summed E-state index contributed by atoms with van der Waals surface area (Å²) in [5, 5.41) is 0.703. The van der Waals surface area contributed by atoms with Crippen molar-refractivity contribution in [3.05, 3.63) is 92.8 Å². The Morgan fingerprint density at radius 2 is 1.73 bits per heavy atom. The number of nitrogens with zero attached hydrogens (tertiary/aromatic N) is 2. The average Bonchev–Trinajstić information content (AvgIpc) is 3.19. The molecule has 3 aromatic carbocycles. The second-order valence-electron chi connectivity index (χ2n) is 8.83. The standard InChI is InChI=1S/C30H31BrN2O3S/c1-5-21(4)33-29(34)28(37-30(33)32-25-14-7-20(3)8-15-25)18-23-11-16-26(27(17-23)35-6-2)36-19-22-9-12-24(31)13-10-22/h7-18,21H,5-6,19H2,1-4H3/b28-18+,32-30?/t21-/m0/s1. The molecule has 1 aliphatic heterocycles. The first-order chi connectivity index (χ1) is 17.9. The molecule has 1 amide bonds. The van der Waals surface area contributed by atoms with Gasteiger partial charge in [-0.05, 0) is 92.6 Å². The highest BCUT2D eigenvalue weighted by Crippen LogP contribution is 2.37. The largest absolute Gasteiger partial charge is 0.490 e. The third-order valence-corrected chi connectivity index (χ3v) is 7.51. The predicted molar refractivity (Wildman–Crippen MR) is 157 cm³/mol. The van der Waals surface area contributed by atoms with E-state index >= 15 is 0 Å². The zero-order valence-electron chi connectivity index (χ0n) is 21.5. The van der Waals surface area contributed by atoms with E-state index in [1.165, 1.54) is 17.3 Å². The fourth-order valence-corrected chi connectivity index (χ4v) is 5.11. The lowest BCUT2D eigenvalue weighted by atomic mass is 10.1. The summed E-state index contributed by atoms with van der Waals surface area (Å²) in [6, 6.07) is 21.8. The Balaban J connectivity index is 1.59. The van der Waals surface area contributed by atoms with Crippen LogP contribution in [0.4, 0.5) is 5.69 Å². The minimum absolute atomic E-state index is 0.0289. The second-order valence-corrected chi connectivity index (χ2v) is 10.8. The fraction of sp³-hybridized carbons (Fsp3) is 0.267. The predicted octanol–water partition coefficient (Wildman–Crippen LogP) is 8.14. The fourth-order valence-electron chi connectivity index (χ4n) is 3.76. The van der Waals surface area contributed by atoms with Gasteiger partial charge < -0.3 is 9.47 Å². The number of halogens is 1. The Morgan fingerprint density at radius 1 is 1.00 bits per heavy atom. The van der Waals surface area contributed by atoms with Crippen molar-refractivity contribution in [1.29, 1.82) is 0 Å². The van der Waals surface area contributed by atoms with Crippen molar-refractivity contribution in [3.63, 3.8) is 0 Å². The van der Waals surface area contributed by atoms with Gasteiger partial charge >= 0.3 is 0 Å².